The number of pyridine rings is 1. The number of rotatable bonds is 7. The van der Waals surface area contributed by atoms with Gasteiger partial charge in [0.2, 0.25) is 0 Å². The van der Waals surface area contributed by atoms with Crippen LogP contribution in [0.3, 0.4) is 0 Å². The fourth-order valence-electron chi connectivity index (χ4n) is 10.3. The molecular weight excluding hydrogens is 895 g/mol. The third kappa shape index (κ3) is 8.20. The standard InChI is InChI=1S/C59H54F6N4O/c1-34-23-44-45-30-39(56(5,6)7)31-47-52(45)69(54-46(57(47,8)9)21-16-22-66-54)49(44)32-50(34)70-43-25-37(24-38(29-43)55(2,3)4)53-67-48(51(35-17-12-10-13-18-35)36-19-14-11-15-20-36)33-68(53)42-27-40(58(60,61)62)26-41(28-42)59(63,64)65/h10-32,48,51H,33H2,1-9H3/t48-/m0/s1. The van der Waals surface area contributed by atoms with Crippen LogP contribution in [-0.4, -0.2) is 28.0 Å². The molecule has 0 aliphatic carbocycles. The van der Waals surface area contributed by atoms with Crippen LogP contribution in [0.25, 0.3) is 27.6 Å². The fraction of sp³-hybridized carbons (Fsp3) is 0.288. The number of anilines is 1. The summed E-state index contributed by atoms with van der Waals surface area (Å²) in [7, 11) is 0. The number of hydrogen-bond donors (Lipinski definition) is 0. The van der Waals surface area contributed by atoms with Crippen molar-refractivity contribution in [2.75, 3.05) is 11.4 Å². The molecule has 0 fully saturated rings. The summed E-state index contributed by atoms with van der Waals surface area (Å²) >= 11 is 0. The van der Waals surface area contributed by atoms with Crippen molar-refractivity contribution in [2.24, 2.45) is 4.99 Å². The van der Waals surface area contributed by atoms with E-state index in [0.29, 0.717) is 17.1 Å². The van der Waals surface area contributed by atoms with Gasteiger partial charge in [-0.25, -0.2) is 4.98 Å². The summed E-state index contributed by atoms with van der Waals surface area (Å²) in [5, 5.41) is 2.17. The molecule has 2 aliphatic rings. The van der Waals surface area contributed by atoms with E-state index in [4.69, 9.17) is 14.7 Å². The van der Waals surface area contributed by atoms with Crippen molar-refractivity contribution >= 4 is 33.3 Å². The summed E-state index contributed by atoms with van der Waals surface area (Å²) in [6.45, 7) is 19.3. The number of benzene rings is 6. The molecule has 1 atom stereocenters. The maximum absolute atomic E-state index is 14.5. The lowest BCUT2D eigenvalue weighted by Gasteiger charge is -2.35. The Morgan fingerprint density at radius 1 is 0.629 bits per heavy atom. The molecule has 70 heavy (non-hydrogen) atoms. The number of aliphatic imine (C=N–C) groups is 1. The van der Waals surface area contributed by atoms with Crippen LogP contribution in [-0.2, 0) is 28.6 Å². The van der Waals surface area contributed by atoms with Gasteiger partial charge in [0, 0.05) is 57.7 Å². The second-order valence-electron chi connectivity index (χ2n) is 21.4. The highest BCUT2D eigenvalue weighted by Gasteiger charge is 2.41. The average molecular weight is 949 g/mol. The van der Waals surface area contributed by atoms with Gasteiger partial charge >= 0.3 is 12.4 Å². The zero-order chi connectivity index (χ0) is 49.9. The van der Waals surface area contributed by atoms with Crippen molar-refractivity contribution in [1.82, 2.24) is 9.55 Å². The molecule has 0 saturated heterocycles. The molecule has 0 bridgehead atoms. The molecule has 6 aromatic carbocycles. The van der Waals surface area contributed by atoms with E-state index in [-0.39, 0.29) is 35.0 Å². The van der Waals surface area contributed by atoms with Gasteiger partial charge < -0.3 is 9.64 Å². The van der Waals surface area contributed by atoms with Crippen LogP contribution in [0.2, 0.25) is 0 Å². The molecule has 5 nitrogen and oxygen atoms in total. The van der Waals surface area contributed by atoms with Gasteiger partial charge in [0.25, 0.3) is 0 Å². The van der Waals surface area contributed by atoms with Crippen LogP contribution in [0.5, 0.6) is 11.5 Å². The van der Waals surface area contributed by atoms with E-state index in [1.54, 1.807) is 6.07 Å². The lowest BCUT2D eigenvalue weighted by atomic mass is 9.73. The first-order valence-electron chi connectivity index (χ1n) is 23.6. The van der Waals surface area contributed by atoms with E-state index < -0.39 is 40.9 Å². The molecule has 0 radical (unpaired) electrons. The van der Waals surface area contributed by atoms with Gasteiger partial charge in [0.1, 0.15) is 23.2 Å². The normalized spacial score (nSPS) is 16.0. The number of alkyl halides is 6. The molecular formula is C59H54F6N4O. The minimum absolute atomic E-state index is 0.0100. The molecule has 0 saturated carbocycles. The summed E-state index contributed by atoms with van der Waals surface area (Å²) in [5.41, 5.74) is 5.52. The maximum Gasteiger partial charge on any atom is 0.416 e. The number of ether oxygens (including phenoxy) is 1. The first-order valence-corrected chi connectivity index (χ1v) is 23.6. The van der Waals surface area contributed by atoms with Gasteiger partial charge in [-0.2, -0.15) is 26.3 Å². The summed E-state index contributed by atoms with van der Waals surface area (Å²) in [6.07, 6.45) is -8.29. The van der Waals surface area contributed by atoms with E-state index in [1.807, 2.05) is 119 Å². The lowest BCUT2D eigenvalue weighted by Crippen LogP contribution is -2.32. The number of hydrogen-bond acceptors (Lipinski definition) is 4. The Morgan fingerprint density at radius 3 is 1.81 bits per heavy atom. The molecule has 0 amide bonds. The van der Waals surface area contributed by atoms with Gasteiger partial charge in [-0.1, -0.05) is 128 Å². The molecule has 4 heterocycles. The lowest BCUT2D eigenvalue weighted by molar-refractivity contribution is -0.143. The van der Waals surface area contributed by atoms with Crippen LogP contribution in [0.4, 0.5) is 32.0 Å². The molecule has 358 valence electrons. The van der Waals surface area contributed by atoms with Crippen molar-refractivity contribution < 1.29 is 31.1 Å². The quantitative estimate of drug-likeness (QED) is 0.150. The van der Waals surface area contributed by atoms with Crippen molar-refractivity contribution in [2.45, 2.75) is 103 Å². The Labute approximate surface area is 404 Å². The SMILES string of the molecule is Cc1cc2c3cc(C(C)(C)C)cc4c3n(c2cc1Oc1cc(C2=N[C@H](C(c3ccccc3)c3ccccc3)CN2c2cc(C(F)(F)F)cc(C(F)(F)F)c2)cc(C(C)(C)C)c1)-c1ncccc1C4(C)C. The summed E-state index contributed by atoms with van der Waals surface area (Å²) in [6, 6.07) is 39.0. The third-order valence-corrected chi connectivity index (χ3v) is 14.1. The monoisotopic (exact) mass is 948 g/mol. The van der Waals surface area contributed by atoms with E-state index >= 15 is 0 Å². The smallest absolute Gasteiger partial charge is 0.416 e. The molecule has 0 unspecified atom stereocenters. The zero-order valence-electron chi connectivity index (χ0n) is 40.6. The predicted molar refractivity (Wildman–Crippen MR) is 268 cm³/mol. The molecule has 0 N–H and O–H groups in total. The Morgan fingerprint density at radius 2 is 1.23 bits per heavy atom. The second-order valence-corrected chi connectivity index (χ2v) is 21.4. The first-order chi connectivity index (χ1) is 32.9. The van der Waals surface area contributed by atoms with Crippen LogP contribution in [0.15, 0.2) is 145 Å². The molecule has 2 aliphatic heterocycles. The average Bonchev–Trinajstić information content (AvgIpc) is 3.87. The van der Waals surface area contributed by atoms with Crippen LogP contribution < -0.4 is 9.64 Å². The van der Waals surface area contributed by atoms with Gasteiger partial charge in [-0.05, 0) is 106 Å². The van der Waals surface area contributed by atoms with Crippen molar-refractivity contribution in [3.05, 3.63) is 195 Å². The fourth-order valence-corrected chi connectivity index (χ4v) is 10.3. The number of aryl methyl sites for hydroxylation is 1. The van der Waals surface area contributed by atoms with Crippen molar-refractivity contribution in [3.8, 4) is 17.3 Å². The number of halogens is 6. The molecule has 10 rings (SSSR count). The van der Waals surface area contributed by atoms with Gasteiger partial charge in [0.15, 0.2) is 0 Å². The predicted octanol–water partition coefficient (Wildman–Crippen LogP) is 16.0. The maximum atomic E-state index is 14.5. The first kappa shape index (κ1) is 46.8. The second kappa shape index (κ2) is 16.4. The Balaban J connectivity index is 1.17. The van der Waals surface area contributed by atoms with Gasteiger partial charge in [-0.3, -0.25) is 9.56 Å². The van der Waals surface area contributed by atoms with Gasteiger partial charge in [0.05, 0.1) is 28.2 Å². The Hall–Kier alpha value is -6.88. The Bertz CT molecular complexity index is 3300. The largest absolute Gasteiger partial charge is 0.457 e. The van der Waals surface area contributed by atoms with E-state index in [9.17, 15) is 26.3 Å². The Kier molecular flexibility index (Phi) is 10.9. The topological polar surface area (TPSA) is 42.6 Å². The van der Waals surface area contributed by atoms with Crippen LogP contribution in [0.1, 0.15) is 117 Å². The van der Waals surface area contributed by atoms with E-state index in [1.165, 1.54) is 16.0 Å². The molecule has 0 spiro atoms. The number of fused-ring (bicyclic) bond motifs is 5. The van der Waals surface area contributed by atoms with Crippen LogP contribution >= 0.6 is 0 Å². The van der Waals surface area contributed by atoms with Crippen molar-refractivity contribution in [1.29, 1.82) is 0 Å². The summed E-state index contributed by atoms with van der Waals surface area (Å²) in [4.78, 5) is 11.8. The highest BCUT2D eigenvalue weighted by atomic mass is 19.4. The number of aromatic nitrogens is 2. The zero-order valence-corrected chi connectivity index (χ0v) is 40.6. The molecule has 11 heteroatoms. The highest BCUT2D eigenvalue weighted by Crippen LogP contribution is 2.50. The van der Waals surface area contributed by atoms with Crippen LogP contribution in [0, 0.1) is 6.92 Å². The number of amidine groups is 1. The molecule has 2 aromatic heterocycles. The summed E-state index contributed by atoms with van der Waals surface area (Å²) < 4.78 is 96.4. The minimum Gasteiger partial charge on any atom is -0.457 e. The van der Waals surface area contributed by atoms with E-state index in [2.05, 4.69) is 63.5 Å². The molecule has 8 aromatic rings. The summed E-state index contributed by atoms with van der Waals surface area (Å²) in [5.74, 6) is 1.69. The third-order valence-electron chi connectivity index (χ3n) is 14.1. The van der Waals surface area contributed by atoms with Crippen molar-refractivity contribution in [3.63, 3.8) is 0 Å². The highest BCUT2D eigenvalue weighted by molar-refractivity contribution is 6.13. The number of nitrogens with zero attached hydrogens (tertiary/aromatic N) is 4. The van der Waals surface area contributed by atoms with E-state index in [0.717, 1.165) is 67.6 Å². The minimum atomic E-state index is -5.05. The van der Waals surface area contributed by atoms with Gasteiger partial charge in [-0.15, -0.1) is 0 Å².